The molecule has 0 aromatic carbocycles. The van der Waals surface area contributed by atoms with Crippen molar-refractivity contribution in [3.05, 3.63) is 36.0 Å². The summed E-state index contributed by atoms with van der Waals surface area (Å²) in [7, 11) is 3.78. The van der Waals surface area contributed by atoms with E-state index in [9.17, 15) is 9.59 Å². The summed E-state index contributed by atoms with van der Waals surface area (Å²) < 4.78 is 0. The first-order chi connectivity index (χ1) is 12.5. The summed E-state index contributed by atoms with van der Waals surface area (Å²) in [6, 6.07) is 4.47. The maximum atomic E-state index is 11.7. The molecule has 26 heavy (non-hydrogen) atoms. The number of allylic oxidation sites excluding steroid dienone is 2. The summed E-state index contributed by atoms with van der Waals surface area (Å²) in [6.07, 6.45) is 9.14. The van der Waals surface area contributed by atoms with Crippen LogP contribution in [0.15, 0.2) is 35.6 Å². The van der Waals surface area contributed by atoms with Crippen molar-refractivity contribution >= 4 is 23.7 Å². The molecule has 0 unspecified atom stereocenters. The van der Waals surface area contributed by atoms with Gasteiger partial charge in [0.1, 0.15) is 18.6 Å². The first kappa shape index (κ1) is 19.6. The molecule has 7 heteroatoms. The zero-order valence-corrected chi connectivity index (χ0v) is 15.7. The second-order valence-electron chi connectivity index (χ2n) is 6.35. The third kappa shape index (κ3) is 5.40. The molecule has 1 amide bonds. The van der Waals surface area contributed by atoms with Crippen LogP contribution < -0.4 is 10.2 Å². The average Bonchev–Trinajstić information content (AvgIpc) is 2.57. The summed E-state index contributed by atoms with van der Waals surface area (Å²) in [5, 5.41) is 8.71. The molecule has 0 saturated heterocycles. The van der Waals surface area contributed by atoms with E-state index < -0.39 is 0 Å². The summed E-state index contributed by atoms with van der Waals surface area (Å²) in [6.45, 7) is 2.59. The van der Waals surface area contributed by atoms with Gasteiger partial charge in [0.15, 0.2) is 0 Å². The lowest BCUT2D eigenvalue weighted by atomic mass is 9.92. The number of hydrogen-bond acceptors (Lipinski definition) is 6. The van der Waals surface area contributed by atoms with Gasteiger partial charge in [0.05, 0.1) is 5.71 Å². The number of anilines is 1. The molecule has 0 bridgehead atoms. The Bertz CT molecular complexity index is 665. The van der Waals surface area contributed by atoms with Crippen molar-refractivity contribution < 1.29 is 9.59 Å². The Labute approximate surface area is 154 Å². The fourth-order valence-corrected chi connectivity index (χ4v) is 2.71. The standard InChI is InChI=1S/C19H27N5O2/c1-4-20-19(26)14-23(2)22-17(9-6-12-25)15-10-11-18(21-13-15)24(3)16-7-5-8-16/h6,9-13,16H,4-5,7-8,14H2,1-3H3,(H,20,26)/b9-6-,22-17+. The highest BCUT2D eigenvalue weighted by molar-refractivity contribution is 6.09. The second kappa shape index (κ2) is 9.70. The maximum absolute atomic E-state index is 11.7. The van der Waals surface area contributed by atoms with E-state index in [1.807, 2.05) is 19.1 Å². The van der Waals surface area contributed by atoms with E-state index in [4.69, 9.17) is 0 Å². The molecule has 1 fully saturated rings. The molecule has 1 aromatic rings. The van der Waals surface area contributed by atoms with Gasteiger partial charge >= 0.3 is 0 Å². The molecule has 1 aliphatic rings. The van der Waals surface area contributed by atoms with Crippen LogP contribution in [0.1, 0.15) is 31.7 Å². The van der Waals surface area contributed by atoms with Gasteiger partial charge in [-0.1, -0.05) is 0 Å². The van der Waals surface area contributed by atoms with E-state index in [2.05, 4.69) is 27.3 Å². The van der Waals surface area contributed by atoms with Gasteiger partial charge in [0, 0.05) is 38.4 Å². The van der Waals surface area contributed by atoms with E-state index in [1.54, 1.807) is 24.3 Å². The Kier molecular flexibility index (Phi) is 7.32. The van der Waals surface area contributed by atoms with Crippen LogP contribution in [0.25, 0.3) is 0 Å². The Morgan fingerprint density at radius 1 is 1.38 bits per heavy atom. The number of hydrazone groups is 1. The predicted molar refractivity (Wildman–Crippen MR) is 103 cm³/mol. The Morgan fingerprint density at radius 3 is 2.69 bits per heavy atom. The fraction of sp³-hybridized carbons (Fsp3) is 0.474. The third-order valence-corrected chi connectivity index (χ3v) is 4.38. The van der Waals surface area contributed by atoms with E-state index in [0.717, 1.165) is 11.4 Å². The maximum Gasteiger partial charge on any atom is 0.241 e. The van der Waals surface area contributed by atoms with Crippen LogP contribution >= 0.6 is 0 Å². The van der Waals surface area contributed by atoms with Crippen LogP contribution in [0, 0.1) is 0 Å². The summed E-state index contributed by atoms with van der Waals surface area (Å²) >= 11 is 0. The molecule has 1 N–H and O–H groups in total. The molecule has 0 atom stereocenters. The van der Waals surface area contributed by atoms with Crippen LogP contribution in [-0.4, -0.2) is 61.1 Å². The number of amides is 1. The van der Waals surface area contributed by atoms with Gasteiger partial charge in [-0.05, 0) is 50.5 Å². The minimum absolute atomic E-state index is 0.104. The van der Waals surface area contributed by atoms with Gasteiger partial charge in [-0.25, -0.2) is 4.98 Å². The topological polar surface area (TPSA) is 77.9 Å². The van der Waals surface area contributed by atoms with E-state index in [0.29, 0.717) is 24.6 Å². The lowest BCUT2D eigenvalue weighted by Gasteiger charge is -2.35. The lowest BCUT2D eigenvalue weighted by Crippen LogP contribution is -2.37. The summed E-state index contributed by atoms with van der Waals surface area (Å²) in [4.78, 5) is 29.1. The van der Waals surface area contributed by atoms with Gasteiger partial charge in [-0.3, -0.25) is 14.6 Å². The number of aldehydes is 1. The van der Waals surface area contributed by atoms with Gasteiger partial charge < -0.3 is 10.2 Å². The molecule has 0 spiro atoms. The second-order valence-corrected chi connectivity index (χ2v) is 6.35. The first-order valence-electron chi connectivity index (χ1n) is 8.92. The quantitative estimate of drug-likeness (QED) is 0.314. The number of hydrogen-bond donors (Lipinski definition) is 1. The van der Waals surface area contributed by atoms with Crippen molar-refractivity contribution in [3.63, 3.8) is 0 Å². The largest absolute Gasteiger partial charge is 0.357 e. The molecule has 1 heterocycles. The van der Waals surface area contributed by atoms with Gasteiger partial charge in [-0.15, -0.1) is 0 Å². The van der Waals surface area contributed by atoms with Crippen molar-refractivity contribution in [1.82, 2.24) is 15.3 Å². The van der Waals surface area contributed by atoms with E-state index in [-0.39, 0.29) is 12.5 Å². The van der Waals surface area contributed by atoms with Crippen LogP contribution in [-0.2, 0) is 9.59 Å². The number of aromatic nitrogens is 1. The molecule has 7 nitrogen and oxygen atoms in total. The number of pyridine rings is 1. The minimum Gasteiger partial charge on any atom is -0.357 e. The highest BCUT2D eigenvalue weighted by Gasteiger charge is 2.22. The lowest BCUT2D eigenvalue weighted by molar-refractivity contribution is -0.121. The molecule has 1 saturated carbocycles. The number of carbonyl (C=O) groups excluding carboxylic acids is 2. The Morgan fingerprint density at radius 2 is 2.15 bits per heavy atom. The molecule has 1 aliphatic carbocycles. The van der Waals surface area contributed by atoms with Crippen LogP contribution in [0.4, 0.5) is 5.82 Å². The van der Waals surface area contributed by atoms with Crippen molar-refractivity contribution in [2.24, 2.45) is 5.10 Å². The molecule has 0 aliphatic heterocycles. The molecular formula is C19H27N5O2. The third-order valence-electron chi connectivity index (χ3n) is 4.38. The fourth-order valence-electron chi connectivity index (χ4n) is 2.71. The van der Waals surface area contributed by atoms with E-state index >= 15 is 0 Å². The normalized spacial score (nSPS) is 14.8. The molecule has 0 radical (unpaired) electrons. The average molecular weight is 357 g/mol. The first-order valence-corrected chi connectivity index (χ1v) is 8.92. The van der Waals surface area contributed by atoms with Crippen molar-refractivity contribution in [3.8, 4) is 0 Å². The van der Waals surface area contributed by atoms with Crippen molar-refractivity contribution in [2.75, 3.05) is 32.1 Å². The molecular weight excluding hydrogens is 330 g/mol. The number of nitrogens with zero attached hydrogens (tertiary/aromatic N) is 4. The van der Waals surface area contributed by atoms with Gasteiger partial charge in [-0.2, -0.15) is 5.10 Å². The highest BCUT2D eigenvalue weighted by atomic mass is 16.2. The zero-order chi connectivity index (χ0) is 18.9. The van der Waals surface area contributed by atoms with Gasteiger partial charge in [0.2, 0.25) is 5.91 Å². The van der Waals surface area contributed by atoms with E-state index in [1.165, 1.54) is 25.3 Å². The van der Waals surface area contributed by atoms with Crippen LogP contribution in [0.5, 0.6) is 0 Å². The minimum atomic E-state index is -0.104. The monoisotopic (exact) mass is 357 g/mol. The highest BCUT2D eigenvalue weighted by Crippen LogP contribution is 2.27. The Balaban J connectivity index is 2.14. The summed E-state index contributed by atoms with van der Waals surface area (Å²) in [5.41, 5.74) is 1.37. The number of nitrogens with one attached hydrogen (secondary N) is 1. The smallest absolute Gasteiger partial charge is 0.241 e. The Hall–Kier alpha value is -2.70. The summed E-state index contributed by atoms with van der Waals surface area (Å²) in [5.74, 6) is 0.820. The van der Waals surface area contributed by atoms with Gasteiger partial charge in [0.25, 0.3) is 0 Å². The molecule has 2 rings (SSSR count). The van der Waals surface area contributed by atoms with Crippen LogP contribution in [0.2, 0.25) is 0 Å². The number of carbonyl (C=O) groups is 2. The molecule has 1 aromatic heterocycles. The van der Waals surface area contributed by atoms with Crippen molar-refractivity contribution in [1.29, 1.82) is 0 Å². The zero-order valence-electron chi connectivity index (χ0n) is 15.7. The van der Waals surface area contributed by atoms with Crippen LogP contribution in [0.3, 0.4) is 0 Å². The number of likely N-dealkylation sites (N-methyl/N-ethyl adjacent to an activating group) is 2. The SMILES string of the molecule is CCNC(=O)CN(C)/N=C(\C=C/C=O)c1ccc(N(C)C2CCC2)nc1. The number of rotatable bonds is 9. The predicted octanol–water partition coefficient (Wildman–Crippen LogP) is 1.60. The van der Waals surface area contributed by atoms with Crippen molar-refractivity contribution in [2.45, 2.75) is 32.2 Å². The molecule has 140 valence electrons.